The van der Waals surface area contributed by atoms with Gasteiger partial charge in [0.15, 0.2) is 5.76 Å². The zero-order valence-electron chi connectivity index (χ0n) is 21.1. The van der Waals surface area contributed by atoms with Gasteiger partial charge in [-0.05, 0) is 54.9 Å². The molecular formula is C32H31NO4. The van der Waals surface area contributed by atoms with E-state index in [0.717, 1.165) is 34.2 Å². The van der Waals surface area contributed by atoms with Gasteiger partial charge in [0.2, 0.25) is 0 Å². The van der Waals surface area contributed by atoms with E-state index in [0.29, 0.717) is 24.5 Å². The summed E-state index contributed by atoms with van der Waals surface area (Å²) in [4.78, 5) is 12.0. The number of aryl methyl sites for hydroxylation is 1. The average Bonchev–Trinajstić information content (AvgIpc) is 3.64. The molecule has 0 amide bonds. The Balaban J connectivity index is 1.27. The molecule has 4 aromatic rings. The molecule has 0 radical (unpaired) electrons. The molecule has 1 aromatic heterocycles. The molecule has 0 aliphatic heterocycles. The maximum atomic E-state index is 12.0. The highest BCUT2D eigenvalue weighted by atomic mass is 16.5. The summed E-state index contributed by atoms with van der Waals surface area (Å²) in [5.74, 6) is 0.761. The number of rotatable bonds is 9. The van der Waals surface area contributed by atoms with Gasteiger partial charge in [0.1, 0.15) is 0 Å². The second kappa shape index (κ2) is 11.0. The van der Waals surface area contributed by atoms with Crippen molar-refractivity contribution in [3.63, 3.8) is 0 Å². The quantitative estimate of drug-likeness (QED) is 0.251. The highest BCUT2D eigenvalue weighted by Crippen LogP contribution is 2.48. The second-order valence-corrected chi connectivity index (χ2v) is 9.48. The molecule has 5 heteroatoms. The van der Waals surface area contributed by atoms with E-state index >= 15 is 0 Å². The summed E-state index contributed by atoms with van der Waals surface area (Å²) in [6.07, 6.45) is 4.59. The first kappa shape index (κ1) is 24.7. The topological polar surface area (TPSA) is 72.6 Å². The summed E-state index contributed by atoms with van der Waals surface area (Å²) in [5.41, 5.74) is 6.73. The number of benzene rings is 3. The summed E-state index contributed by atoms with van der Waals surface area (Å²) in [6, 6.07) is 26.5. The lowest BCUT2D eigenvalue weighted by Crippen LogP contribution is -2.07. The number of aliphatic hydroxyl groups excluding tert-OH is 1. The van der Waals surface area contributed by atoms with Crippen LogP contribution in [0.5, 0.6) is 0 Å². The van der Waals surface area contributed by atoms with Crippen LogP contribution in [0.3, 0.4) is 0 Å². The van der Waals surface area contributed by atoms with E-state index in [1.165, 1.54) is 5.56 Å². The summed E-state index contributed by atoms with van der Waals surface area (Å²) < 4.78 is 10.8. The third-order valence-electron chi connectivity index (χ3n) is 6.91. The predicted octanol–water partition coefficient (Wildman–Crippen LogP) is 7.12. The predicted molar refractivity (Wildman–Crippen MR) is 145 cm³/mol. The lowest BCUT2D eigenvalue weighted by Gasteiger charge is -2.10. The van der Waals surface area contributed by atoms with Crippen molar-refractivity contribution in [1.29, 1.82) is 0 Å². The third kappa shape index (κ3) is 5.57. The van der Waals surface area contributed by atoms with Crippen LogP contribution < -0.4 is 0 Å². The van der Waals surface area contributed by atoms with Crippen molar-refractivity contribution in [3.05, 3.63) is 107 Å². The summed E-state index contributed by atoms with van der Waals surface area (Å²) in [5, 5.41) is 15.1. The van der Waals surface area contributed by atoms with Crippen LogP contribution in [-0.4, -0.2) is 22.8 Å². The van der Waals surface area contributed by atoms with Gasteiger partial charge in [-0.15, -0.1) is 0 Å². The van der Waals surface area contributed by atoms with Crippen LogP contribution in [0.1, 0.15) is 54.2 Å². The van der Waals surface area contributed by atoms with Gasteiger partial charge in [0.25, 0.3) is 0 Å². The number of hydrogen-bond donors (Lipinski definition) is 1. The standard InChI is InChI=1S/C32H31NO4/c1-3-36-32(35)28-20-27(28)25-16-12-23(13-17-25)24-14-18-26(19-15-24)31-30(21(2)33-37-31)29(34)11-7-10-22-8-5-4-6-9-22/h4-10,12-19,27-29,34H,3,11,20H2,1-2H3. The smallest absolute Gasteiger partial charge is 0.309 e. The molecule has 5 nitrogen and oxygen atoms in total. The number of aliphatic hydroxyl groups is 1. The Bertz CT molecular complexity index is 1370. The van der Waals surface area contributed by atoms with Gasteiger partial charge < -0.3 is 14.4 Å². The van der Waals surface area contributed by atoms with E-state index in [1.54, 1.807) is 0 Å². The van der Waals surface area contributed by atoms with Gasteiger partial charge in [-0.2, -0.15) is 0 Å². The molecule has 3 aromatic carbocycles. The first-order chi connectivity index (χ1) is 18.0. The van der Waals surface area contributed by atoms with Crippen molar-refractivity contribution < 1.29 is 19.2 Å². The van der Waals surface area contributed by atoms with Crippen LogP contribution in [0.4, 0.5) is 0 Å². The van der Waals surface area contributed by atoms with Crippen molar-refractivity contribution >= 4 is 12.0 Å². The molecule has 1 aliphatic rings. The zero-order chi connectivity index (χ0) is 25.8. The van der Waals surface area contributed by atoms with Crippen molar-refractivity contribution in [1.82, 2.24) is 5.16 Å². The van der Waals surface area contributed by atoms with Gasteiger partial charge in [0, 0.05) is 5.56 Å². The van der Waals surface area contributed by atoms with E-state index in [4.69, 9.17) is 9.26 Å². The highest BCUT2D eigenvalue weighted by Gasteiger charge is 2.45. The van der Waals surface area contributed by atoms with Crippen molar-refractivity contribution in [2.24, 2.45) is 5.92 Å². The van der Waals surface area contributed by atoms with Gasteiger partial charge in [-0.25, -0.2) is 0 Å². The minimum Gasteiger partial charge on any atom is -0.466 e. The van der Waals surface area contributed by atoms with Gasteiger partial charge in [0.05, 0.1) is 29.9 Å². The highest BCUT2D eigenvalue weighted by molar-refractivity contribution is 5.77. The average molecular weight is 494 g/mol. The first-order valence-electron chi connectivity index (χ1n) is 12.8. The zero-order valence-corrected chi connectivity index (χ0v) is 21.1. The number of hydrogen-bond acceptors (Lipinski definition) is 5. The normalized spacial score (nSPS) is 17.6. The number of carbonyl (C=O) groups is 1. The van der Waals surface area contributed by atoms with E-state index < -0.39 is 6.10 Å². The second-order valence-electron chi connectivity index (χ2n) is 9.48. The van der Waals surface area contributed by atoms with Crippen LogP contribution in [0.25, 0.3) is 28.5 Å². The van der Waals surface area contributed by atoms with Crippen LogP contribution >= 0.6 is 0 Å². The molecule has 1 heterocycles. The van der Waals surface area contributed by atoms with Crippen LogP contribution in [0, 0.1) is 12.8 Å². The molecule has 1 aliphatic carbocycles. The van der Waals surface area contributed by atoms with Gasteiger partial charge >= 0.3 is 5.97 Å². The minimum absolute atomic E-state index is 0.00572. The molecule has 0 saturated heterocycles. The molecule has 5 rings (SSSR count). The largest absolute Gasteiger partial charge is 0.466 e. The van der Waals surface area contributed by atoms with E-state index in [2.05, 4.69) is 29.4 Å². The van der Waals surface area contributed by atoms with Crippen LogP contribution in [-0.2, 0) is 9.53 Å². The van der Waals surface area contributed by atoms with E-state index in [-0.39, 0.29) is 17.8 Å². The molecule has 188 valence electrons. The molecule has 3 atom stereocenters. The first-order valence-corrected chi connectivity index (χ1v) is 12.8. The Kier molecular flexibility index (Phi) is 7.33. The van der Waals surface area contributed by atoms with Gasteiger partial charge in [-0.3, -0.25) is 4.79 Å². The van der Waals surface area contributed by atoms with E-state index in [9.17, 15) is 9.90 Å². The molecule has 0 spiro atoms. The molecule has 1 N–H and O–H groups in total. The number of aromatic nitrogens is 1. The Hall–Kier alpha value is -3.96. The summed E-state index contributed by atoms with van der Waals surface area (Å²) in [6.45, 7) is 4.12. The molecule has 1 saturated carbocycles. The fourth-order valence-electron chi connectivity index (χ4n) is 4.80. The summed E-state index contributed by atoms with van der Waals surface area (Å²) >= 11 is 0. The van der Waals surface area contributed by atoms with Crippen LogP contribution in [0.15, 0.2) is 89.5 Å². The maximum absolute atomic E-state index is 12.0. The number of carbonyl (C=O) groups excluding carboxylic acids is 1. The van der Waals surface area contributed by atoms with E-state index in [1.807, 2.05) is 80.6 Å². The fraction of sp³-hybridized carbons (Fsp3) is 0.250. The Morgan fingerprint density at radius 1 is 1.03 bits per heavy atom. The molecular weight excluding hydrogens is 462 g/mol. The van der Waals surface area contributed by atoms with Gasteiger partial charge in [-0.1, -0.05) is 96.2 Å². The third-order valence-corrected chi connectivity index (χ3v) is 6.91. The summed E-state index contributed by atoms with van der Waals surface area (Å²) in [7, 11) is 0. The Morgan fingerprint density at radius 2 is 1.68 bits per heavy atom. The molecule has 1 fully saturated rings. The number of esters is 1. The van der Waals surface area contributed by atoms with Crippen LogP contribution in [0.2, 0.25) is 0 Å². The van der Waals surface area contributed by atoms with Crippen molar-refractivity contribution in [3.8, 4) is 22.5 Å². The Morgan fingerprint density at radius 3 is 2.35 bits per heavy atom. The number of ether oxygens (including phenoxy) is 1. The monoisotopic (exact) mass is 493 g/mol. The Labute approximate surface area is 217 Å². The van der Waals surface area contributed by atoms with Crippen molar-refractivity contribution in [2.45, 2.75) is 38.7 Å². The maximum Gasteiger partial charge on any atom is 0.309 e. The lowest BCUT2D eigenvalue weighted by atomic mass is 9.97. The molecule has 37 heavy (non-hydrogen) atoms. The molecule has 3 unspecified atom stereocenters. The fourth-order valence-corrected chi connectivity index (χ4v) is 4.80. The minimum atomic E-state index is -0.714. The molecule has 0 bridgehead atoms. The lowest BCUT2D eigenvalue weighted by molar-refractivity contribution is -0.144. The SMILES string of the molecule is CCOC(=O)C1CC1c1ccc(-c2ccc(-c3onc(C)c3C(O)CC=Cc3ccccc3)cc2)cc1. The van der Waals surface area contributed by atoms with Crippen molar-refractivity contribution in [2.75, 3.05) is 6.61 Å². The number of nitrogens with zero attached hydrogens (tertiary/aromatic N) is 1.